The van der Waals surface area contributed by atoms with Crippen molar-refractivity contribution in [2.45, 2.75) is 79.1 Å². The minimum atomic E-state index is -0.0712. The van der Waals surface area contributed by atoms with Gasteiger partial charge in [0.1, 0.15) is 36.4 Å². The van der Waals surface area contributed by atoms with E-state index in [0.29, 0.717) is 18.3 Å². The summed E-state index contributed by atoms with van der Waals surface area (Å²) in [5.41, 5.74) is 8.93. The molecule has 0 saturated carbocycles. The summed E-state index contributed by atoms with van der Waals surface area (Å²) in [6.45, 7) is 13.1. The standard InChI is InChI=1S/C23H25N5O2.C3H8.C2H6/c1-14(2)16-9-15-3-4-17(10-20(15)25-11-16)29-12-18-5-6-21(30-18)28-8-7-19-22(24)26-13-27-23(19)28;1-3-2;1-2/h3-4,7-11,13-14,18,21H,5-6,12H2,1-2H3,(H2,24,26,27);3H2,1-2H3;1-2H3. The fraction of sp³-hybridized carbons (Fsp3) is 0.464. The van der Waals surface area contributed by atoms with E-state index in [4.69, 9.17) is 15.2 Å². The summed E-state index contributed by atoms with van der Waals surface area (Å²) in [7, 11) is 0. The van der Waals surface area contributed by atoms with Crippen molar-refractivity contribution in [2.75, 3.05) is 12.3 Å². The molecular formula is C28H39N5O2. The van der Waals surface area contributed by atoms with Gasteiger partial charge in [-0.1, -0.05) is 48.0 Å². The van der Waals surface area contributed by atoms with Crippen LogP contribution in [0.5, 0.6) is 5.75 Å². The van der Waals surface area contributed by atoms with Crippen molar-refractivity contribution in [3.63, 3.8) is 0 Å². The average Bonchev–Trinajstić information content (AvgIpc) is 3.52. The fourth-order valence-electron chi connectivity index (χ4n) is 3.95. The van der Waals surface area contributed by atoms with Gasteiger partial charge in [-0.2, -0.15) is 0 Å². The number of aromatic nitrogens is 4. The Morgan fingerprint density at radius 3 is 2.60 bits per heavy atom. The zero-order valence-corrected chi connectivity index (χ0v) is 21.9. The molecule has 1 aromatic carbocycles. The van der Waals surface area contributed by atoms with Crippen LogP contribution in [0.4, 0.5) is 5.82 Å². The molecule has 0 aliphatic carbocycles. The van der Waals surface area contributed by atoms with Gasteiger partial charge in [-0.05, 0) is 48.6 Å². The number of nitrogens with two attached hydrogens (primary N) is 1. The second-order valence-corrected chi connectivity index (χ2v) is 8.81. The first kappa shape index (κ1) is 26.4. The summed E-state index contributed by atoms with van der Waals surface area (Å²) >= 11 is 0. The van der Waals surface area contributed by atoms with Gasteiger partial charge in [-0.25, -0.2) is 9.97 Å². The van der Waals surface area contributed by atoms with Crippen molar-refractivity contribution in [1.29, 1.82) is 0 Å². The van der Waals surface area contributed by atoms with E-state index in [9.17, 15) is 0 Å². The van der Waals surface area contributed by atoms with Gasteiger partial charge in [0.25, 0.3) is 0 Å². The molecule has 4 aromatic rings. The van der Waals surface area contributed by atoms with E-state index >= 15 is 0 Å². The van der Waals surface area contributed by atoms with Crippen molar-refractivity contribution >= 4 is 27.8 Å². The molecule has 5 rings (SSSR count). The second-order valence-electron chi connectivity index (χ2n) is 8.81. The molecule has 0 bridgehead atoms. The minimum Gasteiger partial charge on any atom is -0.491 e. The van der Waals surface area contributed by atoms with Crippen LogP contribution in [0.2, 0.25) is 0 Å². The number of benzene rings is 1. The SMILES string of the molecule is CC.CC(C)c1cnc2cc(OCC3CCC(n4ccc5c(N)ncnc54)O3)ccc2c1.CCC. The summed E-state index contributed by atoms with van der Waals surface area (Å²) in [6.07, 6.45) is 8.43. The Morgan fingerprint density at radius 1 is 1.09 bits per heavy atom. The lowest BCUT2D eigenvalue weighted by Crippen LogP contribution is -2.18. The van der Waals surface area contributed by atoms with Crippen LogP contribution in [-0.4, -0.2) is 32.2 Å². The molecule has 35 heavy (non-hydrogen) atoms. The Labute approximate surface area is 208 Å². The van der Waals surface area contributed by atoms with Crippen LogP contribution in [0.25, 0.3) is 21.9 Å². The van der Waals surface area contributed by atoms with Crippen LogP contribution in [0.1, 0.15) is 78.5 Å². The molecule has 0 radical (unpaired) electrons. The van der Waals surface area contributed by atoms with Gasteiger partial charge >= 0.3 is 0 Å². The number of pyridine rings is 1. The maximum Gasteiger partial charge on any atom is 0.147 e. The second kappa shape index (κ2) is 12.5. The Morgan fingerprint density at radius 2 is 1.86 bits per heavy atom. The van der Waals surface area contributed by atoms with Crippen molar-refractivity contribution in [3.8, 4) is 5.75 Å². The van der Waals surface area contributed by atoms with Gasteiger partial charge < -0.3 is 19.8 Å². The molecule has 3 aromatic heterocycles. The number of nitrogen functional groups attached to an aromatic ring is 1. The Balaban J connectivity index is 0.000000638. The topological polar surface area (TPSA) is 88.1 Å². The predicted octanol–water partition coefficient (Wildman–Crippen LogP) is 6.88. The first-order valence-corrected chi connectivity index (χ1v) is 12.7. The summed E-state index contributed by atoms with van der Waals surface area (Å²) in [4.78, 5) is 13.0. The highest BCUT2D eigenvalue weighted by Crippen LogP contribution is 2.32. The predicted molar refractivity (Wildman–Crippen MR) is 144 cm³/mol. The molecule has 2 unspecified atom stereocenters. The molecule has 1 aliphatic rings. The highest BCUT2D eigenvalue weighted by molar-refractivity contribution is 5.86. The van der Waals surface area contributed by atoms with Crippen LogP contribution in [0.3, 0.4) is 0 Å². The van der Waals surface area contributed by atoms with E-state index in [2.05, 4.69) is 54.8 Å². The van der Waals surface area contributed by atoms with Crippen LogP contribution in [0, 0.1) is 0 Å². The zero-order valence-electron chi connectivity index (χ0n) is 21.9. The summed E-state index contributed by atoms with van der Waals surface area (Å²) in [5, 5.41) is 1.98. The maximum absolute atomic E-state index is 6.23. The number of nitrogens with zero attached hydrogens (tertiary/aromatic N) is 4. The number of fused-ring (bicyclic) bond motifs is 2. The smallest absolute Gasteiger partial charge is 0.147 e. The highest BCUT2D eigenvalue weighted by Gasteiger charge is 2.28. The van der Waals surface area contributed by atoms with Crippen LogP contribution in [-0.2, 0) is 4.74 Å². The van der Waals surface area contributed by atoms with E-state index in [1.54, 1.807) is 0 Å². The van der Waals surface area contributed by atoms with Crippen LogP contribution >= 0.6 is 0 Å². The van der Waals surface area contributed by atoms with Crippen LogP contribution in [0.15, 0.2) is 49.1 Å². The van der Waals surface area contributed by atoms with Gasteiger partial charge in [0.15, 0.2) is 0 Å². The molecule has 188 valence electrons. The third kappa shape index (κ3) is 6.28. The fourth-order valence-corrected chi connectivity index (χ4v) is 3.95. The van der Waals surface area contributed by atoms with E-state index in [1.807, 2.05) is 49.0 Å². The largest absolute Gasteiger partial charge is 0.491 e. The third-order valence-corrected chi connectivity index (χ3v) is 5.71. The number of rotatable bonds is 5. The lowest BCUT2D eigenvalue weighted by Gasteiger charge is -2.16. The Bertz CT molecular complexity index is 1220. The summed E-state index contributed by atoms with van der Waals surface area (Å²) < 4.78 is 14.3. The molecule has 7 heteroatoms. The van der Waals surface area contributed by atoms with Gasteiger partial charge in [0, 0.05) is 23.8 Å². The lowest BCUT2D eigenvalue weighted by atomic mass is 10.0. The zero-order chi connectivity index (χ0) is 25.4. The van der Waals surface area contributed by atoms with Gasteiger partial charge in [-0.15, -0.1) is 0 Å². The molecule has 1 fully saturated rings. The number of hydrogen-bond acceptors (Lipinski definition) is 6. The quantitative estimate of drug-likeness (QED) is 0.337. The van der Waals surface area contributed by atoms with Crippen molar-refractivity contribution in [1.82, 2.24) is 19.5 Å². The number of hydrogen-bond donors (Lipinski definition) is 1. The molecule has 7 nitrogen and oxygen atoms in total. The van der Waals surface area contributed by atoms with E-state index in [-0.39, 0.29) is 12.3 Å². The van der Waals surface area contributed by atoms with E-state index < -0.39 is 0 Å². The van der Waals surface area contributed by atoms with Gasteiger partial charge in [-0.3, -0.25) is 4.98 Å². The monoisotopic (exact) mass is 477 g/mol. The van der Waals surface area contributed by atoms with Crippen molar-refractivity contribution < 1.29 is 9.47 Å². The molecule has 0 amide bonds. The minimum absolute atomic E-state index is 0.0265. The third-order valence-electron chi connectivity index (χ3n) is 5.71. The van der Waals surface area contributed by atoms with Crippen molar-refractivity contribution in [2.24, 2.45) is 0 Å². The Hall–Kier alpha value is -3.19. The molecule has 2 N–H and O–H groups in total. The molecule has 1 saturated heterocycles. The molecular weight excluding hydrogens is 438 g/mol. The molecule has 1 aliphatic heterocycles. The first-order chi connectivity index (χ1) is 17.0. The summed E-state index contributed by atoms with van der Waals surface area (Å²) in [5.74, 6) is 1.76. The number of ether oxygens (including phenoxy) is 2. The molecule has 4 heterocycles. The number of anilines is 1. The first-order valence-electron chi connectivity index (χ1n) is 12.7. The van der Waals surface area contributed by atoms with Crippen molar-refractivity contribution in [3.05, 3.63) is 54.6 Å². The van der Waals surface area contributed by atoms with Gasteiger partial charge in [0.05, 0.1) is 17.0 Å². The average molecular weight is 478 g/mol. The van der Waals surface area contributed by atoms with E-state index in [0.717, 1.165) is 40.5 Å². The molecule has 2 atom stereocenters. The highest BCUT2D eigenvalue weighted by atomic mass is 16.6. The normalized spacial score (nSPS) is 17.1. The lowest BCUT2D eigenvalue weighted by molar-refractivity contribution is -0.0156. The maximum atomic E-state index is 6.23. The Kier molecular flexibility index (Phi) is 9.43. The van der Waals surface area contributed by atoms with Crippen LogP contribution < -0.4 is 10.5 Å². The molecule has 0 spiro atoms. The summed E-state index contributed by atoms with van der Waals surface area (Å²) in [6, 6.07) is 10.2. The van der Waals surface area contributed by atoms with Gasteiger partial charge in [0.2, 0.25) is 0 Å². The van der Waals surface area contributed by atoms with E-state index in [1.165, 1.54) is 18.3 Å².